The third-order valence-corrected chi connectivity index (χ3v) is 6.45. The van der Waals surface area contributed by atoms with E-state index in [-0.39, 0.29) is 5.88 Å². The molecule has 2 fully saturated rings. The Morgan fingerprint density at radius 2 is 1.70 bits per heavy atom. The molecule has 216 valence electrons. The molecule has 1 amide bonds. The normalized spacial score (nSPS) is 15.7. The molecule has 2 saturated heterocycles. The van der Waals surface area contributed by atoms with E-state index in [0.29, 0.717) is 66.9 Å². The molecule has 3 heterocycles. The zero-order valence-corrected chi connectivity index (χ0v) is 23.8. The van der Waals surface area contributed by atoms with Crippen molar-refractivity contribution in [1.29, 1.82) is 0 Å². The highest BCUT2D eigenvalue weighted by Gasteiger charge is 2.21. The van der Waals surface area contributed by atoms with Gasteiger partial charge in [-0.05, 0) is 30.7 Å². The Kier molecular flexibility index (Phi) is 10.7. The van der Waals surface area contributed by atoms with E-state index in [9.17, 15) is 4.79 Å². The number of aromatic nitrogens is 2. The van der Waals surface area contributed by atoms with E-state index in [1.807, 2.05) is 43.9 Å². The van der Waals surface area contributed by atoms with Crippen molar-refractivity contribution >= 4 is 28.6 Å². The van der Waals surface area contributed by atoms with Gasteiger partial charge in [-0.2, -0.15) is 4.98 Å². The Morgan fingerprint density at radius 1 is 0.975 bits per heavy atom. The van der Waals surface area contributed by atoms with Crippen LogP contribution in [0.3, 0.4) is 0 Å². The SMILES string of the molecule is CC.COc1cc2nc(N3CCOCC3)nc(OC(=O)Nc3cccc(C)c3)c2cc1OCCN1CCOCC1. The molecule has 0 atom stereocenters. The van der Waals surface area contributed by atoms with Crippen molar-refractivity contribution in [3.63, 3.8) is 0 Å². The number of ether oxygens (including phenoxy) is 5. The fourth-order valence-electron chi connectivity index (χ4n) is 4.42. The van der Waals surface area contributed by atoms with E-state index in [1.54, 1.807) is 25.3 Å². The Labute approximate surface area is 235 Å². The molecule has 0 saturated carbocycles. The number of nitrogens with zero attached hydrogens (tertiary/aromatic N) is 4. The molecule has 5 rings (SSSR count). The highest BCUT2D eigenvalue weighted by atomic mass is 16.6. The lowest BCUT2D eigenvalue weighted by molar-refractivity contribution is 0.0321. The maximum atomic E-state index is 12.9. The van der Waals surface area contributed by atoms with Crippen LogP contribution in [-0.4, -0.2) is 93.8 Å². The zero-order valence-electron chi connectivity index (χ0n) is 23.8. The van der Waals surface area contributed by atoms with Crippen molar-refractivity contribution in [1.82, 2.24) is 14.9 Å². The highest BCUT2D eigenvalue weighted by Crippen LogP contribution is 2.36. The van der Waals surface area contributed by atoms with E-state index in [4.69, 9.17) is 28.7 Å². The number of fused-ring (bicyclic) bond motifs is 1. The van der Waals surface area contributed by atoms with E-state index in [2.05, 4.69) is 15.2 Å². The standard InChI is InChI=1S/C27H33N5O6.C2H6/c1-19-4-3-5-20(16-19)28-27(33)38-25-21-17-24(37-15-8-31-6-11-35-12-7-31)23(34-2)18-22(21)29-26(30-25)32-9-13-36-14-10-32;1-2/h3-5,16-18H,6-15H2,1-2H3,(H,28,33);1-2H3. The lowest BCUT2D eigenvalue weighted by atomic mass is 10.2. The lowest BCUT2D eigenvalue weighted by Crippen LogP contribution is -2.38. The van der Waals surface area contributed by atoms with Gasteiger partial charge in [0.2, 0.25) is 11.8 Å². The maximum absolute atomic E-state index is 12.9. The van der Waals surface area contributed by atoms with Gasteiger partial charge in [-0.1, -0.05) is 26.0 Å². The van der Waals surface area contributed by atoms with Crippen molar-refractivity contribution in [2.75, 3.05) is 83.1 Å². The number of aryl methyl sites for hydroxylation is 1. The highest BCUT2D eigenvalue weighted by molar-refractivity contribution is 5.92. The van der Waals surface area contributed by atoms with Crippen LogP contribution in [0.1, 0.15) is 19.4 Å². The third kappa shape index (κ3) is 7.71. The first-order chi connectivity index (χ1) is 19.6. The number of morpholine rings is 2. The van der Waals surface area contributed by atoms with Gasteiger partial charge >= 0.3 is 6.09 Å². The molecule has 2 aliphatic rings. The van der Waals surface area contributed by atoms with Crippen LogP contribution < -0.4 is 24.4 Å². The summed E-state index contributed by atoms with van der Waals surface area (Å²) in [6.45, 7) is 12.8. The van der Waals surface area contributed by atoms with Gasteiger partial charge in [0.05, 0.1) is 44.4 Å². The van der Waals surface area contributed by atoms with Crippen LogP contribution in [0, 0.1) is 6.92 Å². The summed E-state index contributed by atoms with van der Waals surface area (Å²) in [5.41, 5.74) is 2.24. The second kappa shape index (κ2) is 14.6. The second-order valence-corrected chi connectivity index (χ2v) is 9.13. The molecule has 0 bridgehead atoms. The van der Waals surface area contributed by atoms with Gasteiger partial charge in [-0.25, -0.2) is 9.78 Å². The van der Waals surface area contributed by atoms with Crippen LogP contribution >= 0.6 is 0 Å². The summed E-state index contributed by atoms with van der Waals surface area (Å²) in [5, 5.41) is 3.32. The topological polar surface area (TPSA) is 108 Å². The van der Waals surface area contributed by atoms with Crippen LogP contribution in [0.2, 0.25) is 0 Å². The molecule has 0 spiro atoms. The first-order valence-corrected chi connectivity index (χ1v) is 13.8. The van der Waals surface area contributed by atoms with E-state index < -0.39 is 6.09 Å². The molecule has 3 aromatic rings. The number of methoxy groups -OCH3 is 1. The molecule has 40 heavy (non-hydrogen) atoms. The summed E-state index contributed by atoms with van der Waals surface area (Å²) in [7, 11) is 1.59. The summed E-state index contributed by atoms with van der Waals surface area (Å²) >= 11 is 0. The van der Waals surface area contributed by atoms with Crippen LogP contribution in [0.25, 0.3) is 10.9 Å². The number of benzene rings is 2. The lowest BCUT2D eigenvalue weighted by Gasteiger charge is -2.27. The Morgan fingerprint density at radius 3 is 2.40 bits per heavy atom. The number of carbonyl (C=O) groups excluding carboxylic acids is 1. The predicted molar refractivity (Wildman–Crippen MR) is 154 cm³/mol. The molecule has 1 N–H and O–H groups in total. The Bertz CT molecular complexity index is 1260. The molecule has 2 aromatic carbocycles. The molecule has 0 unspecified atom stereocenters. The van der Waals surface area contributed by atoms with E-state index in [1.165, 1.54) is 0 Å². The van der Waals surface area contributed by atoms with Crippen LogP contribution in [0.15, 0.2) is 36.4 Å². The van der Waals surface area contributed by atoms with Crippen molar-refractivity contribution in [2.45, 2.75) is 20.8 Å². The summed E-state index contributed by atoms with van der Waals surface area (Å²) in [4.78, 5) is 26.6. The summed E-state index contributed by atoms with van der Waals surface area (Å²) in [5.74, 6) is 1.67. The molecule has 11 heteroatoms. The first kappa shape index (κ1) is 29.3. The molecule has 0 aliphatic carbocycles. The molecule has 1 aromatic heterocycles. The minimum absolute atomic E-state index is 0.141. The van der Waals surface area contributed by atoms with E-state index >= 15 is 0 Å². The van der Waals surface area contributed by atoms with Gasteiger partial charge in [0.25, 0.3) is 0 Å². The number of rotatable bonds is 8. The van der Waals surface area contributed by atoms with Gasteiger partial charge in [-0.15, -0.1) is 0 Å². The predicted octanol–water partition coefficient (Wildman–Crippen LogP) is 4.13. The van der Waals surface area contributed by atoms with Crippen LogP contribution in [0.4, 0.5) is 16.4 Å². The zero-order chi connectivity index (χ0) is 28.3. The van der Waals surface area contributed by atoms with Gasteiger partial charge in [0, 0.05) is 44.5 Å². The number of nitrogens with one attached hydrogen (secondary N) is 1. The number of hydrogen-bond acceptors (Lipinski definition) is 10. The number of hydrogen-bond donors (Lipinski definition) is 1. The average Bonchev–Trinajstić information content (AvgIpc) is 2.99. The molecular formula is C29H39N5O6. The van der Waals surface area contributed by atoms with Crippen molar-refractivity contribution in [2.24, 2.45) is 0 Å². The smallest absolute Gasteiger partial charge is 0.418 e. The summed E-state index contributed by atoms with van der Waals surface area (Å²) in [6, 6.07) is 11.0. The minimum Gasteiger partial charge on any atom is -0.493 e. The quantitative estimate of drug-likeness (QED) is 0.437. The second-order valence-electron chi connectivity index (χ2n) is 9.13. The van der Waals surface area contributed by atoms with Gasteiger partial charge < -0.3 is 28.6 Å². The number of anilines is 2. The van der Waals surface area contributed by atoms with Gasteiger partial charge in [-0.3, -0.25) is 10.2 Å². The maximum Gasteiger partial charge on any atom is 0.418 e. The van der Waals surface area contributed by atoms with Crippen molar-refractivity contribution in [3.05, 3.63) is 42.0 Å². The van der Waals surface area contributed by atoms with Crippen LogP contribution in [-0.2, 0) is 9.47 Å². The summed E-state index contributed by atoms with van der Waals surface area (Å²) < 4.78 is 28.4. The Hall–Kier alpha value is -3.67. The monoisotopic (exact) mass is 553 g/mol. The van der Waals surface area contributed by atoms with E-state index in [0.717, 1.165) is 38.4 Å². The first-order valence-electron chi connectivity index (χ1n) is 13.8. The minimum atomic E-state index is -0.644. The molecule has 11 nitrogen and oxygen atoms in total. The largest absolute Gasteiger partial charge is 0.493 e. The average molecular weight is 554 g/mol. The number of amides is 1. The molecule has 2 aliphatic heterocycles. The third-order valence-electron chi connectivity index (χ3n) is 6.45. The van der Waals surface area contributed by atoms with Crippen LogP contribution in [0.5, 0.6) is 17.4 Å². The Balaban J connectivity index is 0.00000181. The van der Waals surface area contributed by atoms with Crippen molar-refractivity contribution in [3.8, 4) is 17.4 Å². The molecule has 0 radical (unpaired) electrons. The number of carbonyl (C=O) groups is 1. The van der Waals surface area contributed by atoms with Crippen molar-refractivity contribution < 1.29 is 28.5 Å². The van der Waals surface area contributed by atoms with Gasteiger partial charge in [0.1, 0.15) is 6.61 Å². The fourth-order valence-corrected chi connectivity index (χ4v) is 4.42. The summed E-state index contributed by atoms with van der Waals surface area (Å²) in [6.07, 6.45) is -0.644. The molecular weight excluding hydrogens is 514 g/mol. The van der Waals surface area contributed by atoms with Gasteiger partial charge in [0.15, 0.2) is 11.5 Å². The fraction of sp³-hybridized carbons (Fsp3) is 0.483.